The lowest BCUT2D eigenvalue weighted by molar-refractivity contribution is 0.573. The van der Waals surface area contributed by atoms with Gasteiger partial charge in [0.25, 0.3) is 0 Å². The van der Waals surface area contributed by atoms with Crippen molar-refractivity contribution in [2.75, 3.05) is 0 Å². The van der Waals surface area contributed by atoms with Crippen molar-refractivity contribution in [1.82, 2.24) is 4.98 Å². The normalized spacial score (nSPS) is 9.90. The Morgan fingerprint density at radius 3 is 2.70 bits per heavy atom. The Labute approximate surface area is 67.8 Å². The van der Waals surface area contributed by atoms with Gasteiger partial charge in [-0.15, -0.1) is 11.6 Å². The summed E-state index contributed by atoms with van der Waals surface area (Å²) >= 11 is 10.7. The van der Waals surface area contributed by atoms with E-state index in [4.69, 9.17) is 23.2 Å². The van der Waals surface area contributed by atoms with E-state index in [0.29, 0.717) is 5.56 Å². The smallest absolute Gasteiger partial charge is 0.208 e. The molecule has 0 spiro atoms. The van der Waals surface area contributed by atoms with Crippen molar-refractivity contribution in [3.05, 3.63) is 28.8 Å². The third kappa shape index (κ3) is 1.58. The van der Waals surface area contributed by atoms with Crippen LogP contribution in [0.3, 0.4) is 0 Å². The number of rotatable bonds is 1. The van der Waals surface area contributed by atoms with Crippen LogP contribution in [0.1, 0.15) is 5.56 Å². The molecule has 0 bridgehead atoms. The van der Waals surface area contributed by atoms with Gasteiger partial charge in [0.2, 0.25) is 5.95 Å². The monoisotopic (exact) mass is 179 g/mol. The molecule has 0 unspecified atom stereocenters. The van der Waals surface area contributed by atoms with Crippen LogP contribution < -0.4 is 0 Å². The first kappa shape index (κ1) is 7.76. The van der Waals surface area contributed by atoms with Gasteiger partial charge in [-0.1, -0.05) is 17.7 Å². The molecule has 0 aliphatic rings. The minimum absolute atomic E-state index is 0.121. The Bertz CT molecular complexity index is 239. The summed E-state index contributed by atoms with van der Waals surface area (Å²) in [6, 6.07) is 3.01. The van der Waals surface area contributed by atoms with E-state index in [1.165, 1.54) is 12.1 Å². The van der Waals surface area contributed by atoms with E-state index >= 15 is 0 Å². The topological polar surface area (TPSA) is 12.9 Å². The molecule has 4 heteroatoms. The molecule has 54 valence electrons. The standard InChI is InChI=1S/C6H4Cl2FN/c7-3-4-1-2-5(8)10-6(4)9/h1-2H,3H2. The molecule has 0 saturated carbocycles. The fourth-order valence-electron chi connectivity index (χ4n) is 0.541. The van der Waals surface area contributed by atoms with Crippen molar-refractivity contribution in [2.24, 2.45) is 0 Å². The maximum Gasteiger partial charge on any atom is 0.218 e. The maximum absolute atomic E-state index is 12.6. The fourth-order valence-corrected chi connectivity index (χ4v) is 0.877. The summed E-state index contributed by atoms with van der Waals surface area (Å²) in [6.45, 7) is 0. The van der Waals surface area contributed by atoms with E-state index < -0.39 is 5.95 Å². The first-order valence-corrected chi connectivity index (χ1v) is 3.52. The minimum Gasteiger partial charge on any atom is -0.208 e. The summed E-state index contributed by atoms with van der Waals surface area (Å²) in [7, 11) is 0. The number of aromatic nitrogens is 1. The molecule has 1 aromatic rings. The van der Waals surface area contributed by atoms with Gasteiger partial charge in [-0.3, -0.25) is 0 Å². The predicted molar refractivity (Wildman–Crippen MR) is 38.8 cm³/mol. The van der Waals surface area contributed by atoms with Gasteiger partial charge in [-0.05, 0) is 6.07 Å². The molecular formula is C6H4Cl2FN. The SMILES string of the molecule is Fc1nc(Cl)ccc1CCl. The quantitative estimate of drug-likeness (QED) is 0.478. The van der Waals surface area contributed by atoms with Crippen molar-refractivity contribution in [3.8, 4) is 0 Å². The lowest BCUT2D eigenvalue weighted by Gasteiger charge is -1.95. The van der Waals surface area contributed by atoms with Crippen LogP contribution in [-0.4, -0.2) is 4.98 Å². The third-order valence-corrected chi connectivity index (χ3v) is 1.53. The first-order valence-electron chi connectivity index (χ1n) is 2.61. The number of halogens is 3. The van der Waals surface area contributed by atoms with Crippen molar-refractivity contribution in [3.63, 3.8) is 0 Å². The van der Waals surface area contributed by atoms with Gasteiger partial charge in [0, 0.05) is 5.56 Å². The molecule has 1 heterocycles. The summed E-state index contributed by atoms with van der Waals surface area (Å²) < 4.78 is 12.6. The van der Waals surface area contributed by atoms with Gasteiger partial charge >= 0.3 is 0 Å². The zero-order valence-electron chi connectivity index (χ0n) is 4.94. The van der Waals surface area contributed by atoms with Crippen molar-refractivity contribution in [2.45, 2.75) is 5.88 Å². The Hall–Kier alpha value is -0.340. The largest absolute Gasteiger partial charge is 0.218 e. The van der Waals surface area contributed by atoms with E-state index in [0.717, 1.165) is 0 Å². The average Bonchev–Trinajstić information content (AvgIpc) is 1.88. The van der Waals surface area contributed by atoms with E-state index in [1.807, 2.05) is 0 Å². The highest BCUT2D eigenvalue weighted by Gasteiger charge is 2.01. The highest BCUT2D eigenvalue weighted by Crippen LogP contribution is 2.11. The second kappa shape index (κ2) is 3.17. The minimum atomic E-state index is -0.595. The van der Waals surface area contributed by atoms with Crippen LogP contribution in [0.5, 0.6) is 0 Å². The summed E-state index contributed by atoms with van der Waals surface area (Å²) in [6.07, 6.45) is 0. The number of alkyl halides is 1. The second-order valence-corrected chi connectivity index (χ2v) is 2.37. The molecule has 10 heavy (non-hydrogen) atoms. The van der Waals surface area contributed by atoms with Crippen LogP contribution in [0.15, 0.2) is 12.1 Å². The fraction of sp³-hybridized carbons (Fsp3) is 0.167. The molecule has 0 radical (unpaired) electrons. The van der Waals surface area contributed by atoms with Crippen LogP contribution in [0.25, 0.3) is 0 Å². The van der Waals surface area contributed by atoms with Gasteiger partial charge < -0.3 is 0 Å². The van der Waals surface area contributed by atoms with Crippen LogP contribution in [0, 0.1) is 5.95 Å². The van der Waals surface area contributed by atoms with Crippen LogP contribution >= 0.6 is 23.2 Å². The molecule has 0 saturated heterocycles. The molecule has 0 amide bonds. The maximum atomic E-state index is 12.6. The molecule has 1 nitrogen and oxygen atoms in total. The van der Waals surface area contributed by atoms with Crippen LogP contribution in [0.4, 0.5) is 4.39 Å². The molecule has 1 aromatic heterocycles. The Balaban J connectivity index is 3.07. The highest BCUT2D eigenvalue weighted by atomic mass is 35.5. The van der Waals surface area contributed by atoms with E-state index in [1.54, 1.807) is 0 Å². The molecule has 0 fully saturated rings. The number of hydrogen-bond donors (Lipinski definition) is 0. The van der Waals surface area contributed by atoms with E-state index in [2.05, 4.69) is 4.98 Å². The summed E-state index contributed by atoms with van der Waals surface area (Å²) in [5, 5.41) is 0.145. The van der Waals surface area contributed by atoms with Crippen LogP contribution in [-0.2, 0) is 5.88 Å². The molecule has 0 N–H and O–H groups in total. The Kier molecular flexibility index (Phi) is 2.46. The zero-order chi connectivity index (χ0) is 7.56. The van der Waals surface area contributed by atoms with Gasteiger partial charge in [0.1, 0.15) is 5.15 Å². The summed E-state index contributed by atoms with van der Waals surface area (Å²) in [5.74, 6) is -0.474. The number of nitrogens with zero attached hydrogens (tertiary/aromatic N) is 1. The number of hydrogen-bond acceptors (Lipinski definition) is 1. The first-order chi connectivity index (χ1) is 4.74. The van der Waals surface area contributed by atoms with Crippen molar-refractivity contribution in [1.29, 1.82) is 0 Å². The Morgan fingerprint density at radius 2 is 2.20 bits per heavy atom. The molecular weight excluding hydrogens is 176 g/mol. The molecule has 1 rings (SSSR count). The van der Waals surface area contributed by atoms with Gasteiger partial charge in [-0.2, -0.15) is 4.39 Å². The summed E-state index contributed by atoms with van der Waals surface area (Å²) in [4.78, 5) is 3.36. The molecule has 0 aromatic carbocycles. The molecule has 0 aliphatic heterocycles. The predicted octanol–water partition coefficient (Wildman–Crippen LogP) is 2.61. The average molecular weight is 180 g/mol. The third-order valence-electron chi connectivity index (χ3n) is 1.04. The van der Waals surface area contributed by atoms with Gasteiger partial charge in [0.05, 0.1) is 5.88 Å². The number of pyridine rings is 1. The van der Waals surface area contributed by atoms with E-state index in [9.17, 15) is 4.39 Å². The van der Waals surface area contributed by atoms with Crippen molar-refractivity contribution >= 4 is 23.2 Å². The molecule has 0 aliphatic carbocycles. The zero-order valence-corrected chi connectivity index (χ0v) is 6.45. The second-order valence-electron chi connectivity index (χ2n) is 1.72. The van der Waals surface area contributed by atoms with Gasteiger partial charge in [0.15, 0.2) is 0 Å². The van der Waals surface area contributed by atoms with E-state index in [-0.39, 0.29) is 11.0 Å². The molecule has 0 atom stereocenters. The summed E-state index contributed by atoms with van der Waals surface area (Å²) in [5.41, 5.74) is 0.367. The Morgan fingerprint density at radius 1 is 1.50 bits per heavy atom. The highest BCUT2D eigenvalue weighted by molar-refractivity contribution is 6.29. The van der Waals surface area contributed by atoms with Crippen LogP contribution in [0.2, 0.25) is 5.15 Å². The van der Waals surface area contributed by atoms with Crippen molar-refractivity contribution < 1.29 is 4.39 Å². The lowest BCUT2D eigenvalue weighted by atomic mass is 10.3. The lowest BCUT2D eigenvalue weighted by Crippen LogP contribution is -1.89. The van der Waals surface area contributed by atoms with Gasteiger partial charge in [-0.25, -0.2) is 4.98 Å².